The van der Waals surface area contributed by atoms with Gasteiger partial charge in [-0.1, -0.05) is 36.8 Å². The molecule has 0 bridgehead atoms. The summed E-state index contributed by atoms with van der Waals surface area (Å²) in [4.78, 5) is 15.2. The van der Waals surface area contributed by atoms with Crippen molar-refractivity contribution in [2.24, 2.45) is 0 Å². The van der Waals surface area contributed by atoms with Gasteiger partial charge in [0.2, 0.25) is 0 Å². The van der Waals surface area contributed by atoms with Crippen molar-refractivity contribution in [3.63, 3.8) is 0 Å². The van der Waals surface area contributed by atoms with Gasteiger partial charge in [-0.3, -0.25) is 9.69 Å². The van der Waals surface area contributed by atoms with E-state index in [2.05, 4.69) is 54.4 Å². The molecule has 0 aliphatic carbocycles. The molecule has 1 N–H and O–H groups in total. The van der Waals surface area contributed by atoms with E-state index in [4.69, 9.17) is 0 Å². The molecule has 0 unspecified atom stereocenters. The number of likely N-dealkylation sites (tertiary alicyclic amines) is 1. The summed E-state index contributed by atoms with van der Waals surface area (Å²) in [7, 11) is 0. The van der Waals surface area contributed by atoms with Gasteiger partial charge in [0.1, 0.15) is 0 Å². The Kier molecular flexibility index (Phi) is 6.10. The number of carbonyl (C=O) groups is 1. The lowest BCUT2D eigenvalue weighted by Crippen LogP contribution is -2.30. The van der Waals surface area contributed by atoms with Crippen molar-refractivity contribution >= 4 is 5.91 Å². The smallest absolute Gasteiger partial charge is 0.251 e. The lowest BCUT2D eigenvalue weighted by atomic mass is 10.00. The van der Waals surface area contributed by atoms with E-state index in [1.165, 1.54) is 49.0 Å². The predicted octanol–water partition coefficient (Wildman–Crippen LogP) is 4.53. The minimum atomic E-state index is 0.0124. The molecule has 26 heavy (non-hydrogen) atoms. The van der Waals surface area contributed by atoms with Crippen LogP contribution in [0.3, 0.4) is 0 Å². The van der Waals surface area contributed by atoms with Crippen LogP contribution in [0, 0.1) is 20.8 Å². The summed E-state index contributed by atoms with van der Waals surface area (Å²) in [6.45, 7) is 10.1. The molecule has 1 saturated heterocycles. The lowest BCUT2D eigenvalue weighted by Gasteiger charge is -2.27. The van der Waals surface area contributed by atoms with Crippen LogP contribution in [-0.2, 0) is 13.1 Å². The van der Waals surface area contributed by atoms with Crippen molar-refractivity contribution in [3.8, 4) is 0 Å². The maximum absolute atomic E-state index is 12.7. The van der Waals surface area contributed by atoms with Gasteiger partial charge >= 0.3 is 0 Å². The average Bonchev–Trinajstić information content (AvgIpc) is 2.64. The molecule has 0 saturated carbocycles. The summed E-state index contributed by atoms with van der Waals surface area (Å²) in [6, 6.07) is 12.6. The van der Waals surface area contributed by atoms with Crippen LogP contribution in [0.1, 0.15) is 57.4 Å². The normalized spacial score (nSPS) is 15.0. The highest BCUT2D eigenvalue weighted by Crippen LogP contribution is 2.18. The minimum absolute atomic E-state index is 0.0124. The minimum Gasteiger partial charge on any atom is -0.348 e. The second-order valence-corrected chi connectivity index (χ2v) is 7.54. The Bertz CT molecular complexity index is 776. The van der Waals surface area contributed by atoms with Crippen molar-refractivity contribution in [2.75, 3.05) is 13.1 Å². The van der Waals surface area contributed by atoms with Gasteiger partial charge in [0.05, 0.1) is 0 Å². The molecular formula is C23H30N2O. The molecule has 3 nitrogen and oxygen atoms in total. The number of aryl methyl sites for hydroxylation is 3. The molecule has 0 spiro atoms. The van der Waals surface area contributed by atoms with Gasteiger partial charge in [-0.25, -0.2) is 0 Å². The highest BCUT2D eigenvalue weighted by atomic mass is 16.1. The first kappa shape index (κ1) is 18.7. The Balaban J connectivity index is 1.68. The molecule has 1 fully saturated rings. The van der Waals surface area contributed by atoms with E-state index in [-0.39, 0.29) is 5.91 Å². The van der Waals surface area contributed by atoms with Crippen molar-refractivity contribution in [3.05, 3.63) is 69.8 Å². The molecule has 2 aromatic carbocycles. The van der Waals surface area contributed by atoms with Gasteiger partial charge < -0.3 is 5.32 Å². The Morgan fingerprint density at radius 1 is 0.923 bits per heavy atom. The fourth-order valence-corrected chi connectivity index (χ4v) is 3.72. The van der Waals surface area contributed by atoms with Crippen molar-refractivity contribution in [2.45, 2.75) is 53.1 Å². The molecule has 3 rings (SSSR count). The zero-order valence-electron chi connectivity index (χ0n) is 16.3. The van der Waals surface area contributed by atoms with Crippen LogP contribution in [0.25, 0.3) is 0 Å². The Morgan fingerprint density at radius 2 is 1.58 bits per heavy atom. The predicted molar refractivity (Wildman–Crippen MR) is 107 cm³/mol. The number of amides is 1. The third kappa shape index (κ3) is 4.53. The van der Waals surface area contributed by atoms with Crippen molar-refractivity contribution in [1.29, 1.82) is 0 Å². The highest BCUT2D eigenvalue weighted by Gasteiger charge is 2.14. The van der Waals surface area contributed by atoms with Gasteiger partial charge in [0, 0.05) is 18.7 Å². The van der Waals surface area contributed by atoms with Gasteiger partial charge in [-0.05, 0) is 80.6 Å². The summed E-state index contributed by atoms with van der Waals surface area (Å²) in [6.07, 6.45) is 3.94. The number of nitrogens with zero attached hydrogens (tertiary/aromatic N) is 1. The molecule has 2 aromatic rings. The Hall–Kier alpha value is -2.13. The summed E-state index contributed by atoms with van der Waals surface area (Å²) in [5.74, 6) is 0.0124. The molecule has 0 atom stereocenters. The fraction of sp³-hybridized carbons (Fsp3) is 0.435. The van der Waals surface area contributed by atoms with E-state index in [1.54, 1.807) is 0 Å². The van der Waals surface area contributed by atoms with E-state index in [0.717, 1.165) is 23.2 Å². The molecule has 1 aliphatic heterocycles. The first-order valence-electron chi connectivity index (χ1n) is 9.70. The second kappa shape index (κ2) is 8.50. The van der Waals surface area contributed by atoms with E-state index < -0.39 is 0 Å². The zero-order chi connectivity index (χ0) is 18.5. The van der Waals surface area contributed by atoms with Crippen molar-refractivity contribution in [1.82, 2.24) is 10.2 Å². The number of benzene rings is 2. The number of hydrogen-bond donors (Lipinski definition) is 1. The maximum atomic E-state index is 12.7. The molecule has 1 aliphatic rings. The van der Waals surface area contributed by atoms with Crippen LogP contribution in [0.4, 0.5) is 0 Å². The van der Waals surface area contributed by atoms with Crippen LogP contribution < -0.4 is 5.32 Å². The molecular weight excluding hydrogens is 320 g/mol. The SMILES string of the molecule is Cc1cc(C)c(C(=O)NCc2ccccc2CN2CCCCC2)cc1C. The van der Waals surface area contributed by atoms with Crippen molar-refractivity contribution < 1.29 is 4.79 Å². The summed E-state index contributed by atoms with van der Waals surface area (Å²) >= 11 is 0. The maximum Gasteiger partial charge on any atom is 0.251 e. The van der Waals surface area contributed by atoms with Crippen LogP contribution in [0.5, 0.6) is 0 Å². The number of nitrogens with one attached hydrogen (secondary N) is 1. The quantitative estimate of drug-likeness (QED) is 0.859. The largest absolute Gasteiger partial charge is 0.348 e. The highest BCUT2D eigenvalue weighted by molar-refractivity contribution is 5.95. The first-order valence-corrected chi connectivity index (χ1v) is 9.70. The number of rotatable bonds is 5. The Labute approximate surface area is 157 Å². The monoisotopic (exact) mass is 350 g/mol. The summed E-state index contributed by atoms with van der Waals surface area (Å²) in [5, 5.41) is 3.12. The standard InChI is InChI=1S/C23H30N2O/c1-17-13-19(3)22(14-18(17)2)23(26)24-15-20-9-5-6-10-21(20)16-25-11-7-4-8-12-25/h5-6,9-10,13-14H,4,7-8,11-12,15-16H2,1-3H3,(H,24,26). The molecule has 1 amide bonds. The average molecular weight is 351 g/mol. The van der Waals surface area contributed by atoms with E-state index in [1.807, 2.05) is 13.0 Å². The third-order valence-electron chi connectivity index (χ3n) is 5.49. The van der Waals surface area contributed by atoms with E-state index >= 15 is 0 Å². The topological polar surface area (TPSA) is 32.3 Å². The lowest BCUT2D eigenvalue weighted by molar-refractivity contribution is 0.0950. The van der Waals surface area contributed by atoms with Crippen LogP contribution in [0.2, 0.25) is 0 Å². The summed E-state index contributed by atoms with van der Waals surface area (Å²) < 4.78 is 0. The molecule has 138 valence electrons. The van der Waals surface area contributed by atoms with E-state index in [9.17, 15) is 4.79 Å². The zero-order valence-corrected chi connectivity index (χ0v) is 16.3. The van der Waals surface area contributed by atoms with Crippen LogP contribution >= 0.6 is 0 Å². The molecule has 0 radical (unpaired) electrons. The fourth-order valence-electron chi connectivity index (χ4n) is 3.72. The third-order valence-corrected chi connectivity index (χ3v) is 5.49. The first-order chi connectivity index (χ1) is 12.5. The number of hydrogen-bond acceptors (Lipinski definition) is 2. The second-order valence-electron chi connectivity index (χ2n) is 7.54. The molecule has 0 aromatic heterocycles. The number of piperidine rings is 1. The Morgan fingerprint density at radius 3 is 2.31 bits per heavy atom. The van der Waals surface area contributed by atoms with Gasteiger partial charge in [0.25, 0.3) is 5.91 Å². The number of carbonyl (C=O) groups excluding carboxylic acids is 1. The molecule has 1 heterocycles. The van der Waals surface area contributed by atoms with Crippen LogP contribution in [0.15, 0.2) is 36.4 Å². The van der Waals surface area contributed by atoms with Gasteiger partial charge in [-0.15, -0.1) is 0 Å². The molecule has 3 heteroatoms. The summed E-state index contributed by atoms with van der Waals surface area (Å²) in [5.41, 5.74) is 6.74. The van der Waals surface area contributed by atoms with Gasteiger partial charge in [-0.2, -0.15) is 0 Å². The van der Waals surface area contributed by atoms with E-state index in [0.29, 0.717) is 6.54 Å². The van der Waals surface area contributed by atoms with Crippen LogP contribution in [-0.4, -0.2) is 23.9 Å². The van der Waals surface area contributed by atoms with Gasteiger partial charge in [0.15, 0.2) is 0 Å².